The molecule has 0 aliphatic heterocycles. The molecule has 0 amide bonds. The Kier molecular flexibility index (Phi) is 5.26. The van der Waals surface area contributed by atoms with Gasteiger partial charge >= 0.3 is 0 Å². The number of nitrogens with one attached hydrogen (secondary N) is 1. The van der Waals surface area contributed by atoms with Crippen LogP contribution < -0.4 is 10.1 Å². The maximum atomic E-state index is 9.21. The summed E-state index contributed by atoms with van der Waals surface area (Å²) >= 11 is 0. The van der Waals surface area contributed by atoms with E-state index in [0.717, 1.165) is 33.8 Å². The first-order valence-corrected chi connectivity index (χ1v) is 8.14. The number of anilines is 2. The van der Waals surface area contributed by atoms with Gasteiger partial charge in [-0.3, -0.25) is 0 Å². The SMILES string of the molecule is COc1ccc(-c2cc(Nc3ccccc3CCO)ncn2)cc1C. The fourth-order valence-electron chi connectivity index (χ4n) is 2.74. The summed E-state index contributed by atoms with van der Waals surface area (Å²) < 4.78 is 5.31. The number of aryl methyl sites for hydroxylation is 1. The zero-order chi connectivity index (χ0) is 17.6. The van der Waals surface area contributed by atoms with E-state index in [1.165, 1.54) is 0 Å². The molecule has 1 aromatic heterocycles. The second kappa shape index (κ2) is 7.77. The summed E-state index contributed by atoms with van der Waals surface area (Å²) in [6, 6.07) is 15.8. The maximum absolute atomic E-state index is 9.21. The van der Waals surface area contributed by atoms with Gasteiger partial charge < -0.3 is 15.2 Å². The first kappa shape index (κ1) is 16.9. The summed E-state index contributed by atoms with van der Waals surface area (Å²) in [5.41, 5.74) is 4.88. The van der Waals surface area contributed by atoms with Gasteiger partial charge in [-0.25, -0.2) is 9.97 Å². The summed E-state index contributed by atoms with van der Waals surface area (Å²) in [4.78, 5) is 8.68. The summed E-state index contributed by atoms with van der Waals surface area (Å²) in [6.07, 6.45) is 2.14. The Labute approximate surface area is 147 Å². The van der Waals surface area contributed by atoms with Crippen LogP contribution in [0.5, 0.6) is 5.75 Å². The molecule has 0 spiro atoms. The molecule has 0 unspecified atom stereocenters. The van der Waals surface area contributed by atoms with Gasteiger partial charge in [0.05, 0.1) is 12.8 Å². The van der Waals surface area contributed by atoms with Crippen LogP contribution in [0.3, 0.4) is 0 Å². The molecule has 5 nitrogen and oxygen atoms in total. The van der Waals surface area contributed by atoms with E-state index in [9.17, 15) is 5.11 Å². The van der Waals surface area contributed by atoms with Gasteiger partial charge in [0.15, 0.2) is 0 Å². The van der Waals surface area contributed by atoms with E-state index in [4.69, 9.17) is 4.74 Å². The third kappa shape index (κ3) is 3.95. The van der Waals surface area contributed by atoms with Gasteiger partial charge in [-0.1, -0.05) is 18.2 Å². The number of aliphatic hydroxyl groups is 1. The second-order valence-corrected chi connectivity index (χ2v) is 5.73. The zero-order valence-electron chi connectivity index (χ0n) is 14.4. The first-order chi connectivity index (χ1) is 12.2. The van der Waals surface area contributed by atoms with Crippen molar-refractivity contribution in [1.82, 2.24) is 9.97 Å². The normalized spacial score (nSPS) is 10.5. The van der Waals surface area contributed by atoms with Gasteiger partial charge in [0.1, 0.15) is 17.9 Å². The van der Waals surface area contributed by atoms with E-state index in [1.54, 1.807) is 13.4 Å². The molecule has 3 rings (SSSR count). The van der Waals surface area contributed by atoms with Gasteiger partial charge in [0, 0.05) is 23.9 Å². The van der Waals surface area contributed by atoms with Crippen LogP contribution in [0.4, 0.5) is 11.5 Å². The number of benzene rings is 2. The molecule has 2 N–H and O–H groups in total. The van der Waals surface area contributed by atoms with Crippen molar-refractivity contribution in [2.24, 2.45) is 0 Å². The molecular weight excluding hydrogens is 314 g/mol. The van der Waals surface area contributed by atoms with Gasteiger partial charge in [-0.15, -0.1) is 0 Å². The van der Waals surface area contributed by atoms with Crippen molar-refractivity contribution in [2.75, 3.05) is 19.0 Å². The Morgan fingerprint density at radius 3 is 2.68 bits per heavy atom. The lowest BCUT2D eigenvalue weighted by Gasteiger charge is -2.12. The van der Waals surface area contributed by atoms with Gasteiger partial charge in [-0.05, 0) is 48.7 Å². The third-order valence-electron chi connectivity index (χ3n) is 4.02. The fourth-order valence-corrected chi connectivity index (χ4v) is 2.74. The smallest absolute Gasteiger partial charge is 0.134 e. The lowest BCUT2D eigenvalue weighted by molar-refractivity contribution is 0.300. The minimum Gasteiger partial charge on any atom is -0.496 e. The minimum absolute atomic E-state index is 0.110. The average molecular weight is 335 g/mol. The van der Waals surface area contributed by atoms with Crippen molar-refractivity contribution < 1.29 is 9.84 Å². The molecule has 128 valence electrons. The quantitative estimate of drug-likeness (QED) is 0.718. The molecular formula is C20H21N3O2. The summed E-state index contributed by atoms with van der Waals surface area (Å²) in [7, 11) is 1.67. The molecule has 0 fully saturated rings. The highest BCUT2D eigenvalue weighted by Crippen LogP contribution is 2.27. The van der Waals surface area contributed by atoms with Crippen LogP contribution in [0.25, 0.3) is 11.3 Å². The van der Waals surface area contributed by atoms with Crippen molar-refractivity contribution in [3.63, 3.8) is 0 Å². The number of hydrogen-bond acceptors (Lipinski definition) is 5. The molecule has 0 radical (unpaired) electrons. The van der Waals surface area contributed by atoms with E-state index in [2.05, 4.69) is 15.3 Å². The molecule has 0 saturated carbocycles. The van der Waals surface area contributed by atoms with E-state index >= 15 is 0 Å². The molecule has 0 aliphatic rings. The van der Waals surface area contributed by atoms with Gasteiger partial charge in [0.2, 0.25) is 0 Å². The number of nitrogens with zero attached hydrogens (tertiary/aromatic N) is 2. The van der Waals surface area contributed by atoms with Crippen LogP contribution in [0, 0.1) is 6.92 Å². The van der Waals surface area contributed by atoms with E-state index in [0.29, 0.717) is 12.2 Å². The number of aromatic nitrogens is 2. The summed E-state index contributed by atoms with van der Waals surface area (Å²) in [5, 5.41) is 12.5. The topological polar surface area (TPSA) is 67.3 Å². The molecule has 0 aliphatic carbocycles. The Bertz CT molecular complexity index is 865. The van der Waals surface area contributed by atoms with Crippen molar-refractivity contribution in [1.29, 1.82) is 0 Å². The van der Waals surface area contributed by atoms with Gasteiger partial charge in [0.25, 0.3) is 0 Å². The number of hydrogen-bond donors (Lipinski definition) is 2. The Hall–Kier alpha value is -2.92. The molecule has 3 aromatic rings. The highest BCUT2D eigenvalue weighted by molar-refractivity contribution is 5.67. The van der Waals surface area contributed by atoms with Crippen molar-refractivity contribution >= 4 is 11.5 Å². The number of rotatable bonds is 6. The van der Waals surface area contributed by atoms with Crippen LogP contribution >= 0.6 is 0 Å². The lowest BCUT2D eigenvalue weighted by atomic mass is 10.1. The second-order valence-electron chi connectivity index (χ2n) is 5.73. The molecule has 5 heteroatoms. The van der Waals surface area contributed by atoms with Crippen LogP contribution in [0.2, 0.25) is 0 Å². The highest BCUT2D eigenvalue weighted by Gasteiger charge is 2.07. The lowest BCUT2D eigenvalue weighted by Crippen LogP contribution is -2.00. The fraction of sp³-hybridized carbons (Fsp3) is 0.200. The molecule has 0 bridgehead atoms. The Balaban J connectivity index is 1.88. The highest BCUT2D eigenvalue weighted by atomic mass is 16.5. The molecule has 25 heavy (non-hydrogen) atoms. The monoisotopic (exact) mass is 335 g/mol. The number of ether oxygens (including phenoxy) is 1. The van der Waals surface area contributed by atoms with E-state index in [-0.39, 0.29) is 6.61 Å². The van der Waals surface area contributed by atoms with Crippen molar-refractivity contribution in [2.45, 2.75) is 13.3 Å². The van der Waals surface area contributed by atoms with E-state index in [1.807, 2.05) is 55.5 Å². The van der Waals surface area contributed by atoms with Crippen molar-refractivity contribution in [3.8, 4) is 17.0 Å². The maximum Gasteiger partial charge on any atom is 0.134 e. The largest absolute Gasteiger partial charge is 0.496 e. The molecule has 1 heterocycles. The van der Waals surface area contributed by atoms with Crippen LogP contribution in [0.1, 0.15) is 11.1 Å². The van der Waals surface area contributed by atoms with Crippen LogP contribution in [-0.4, -0.2) is 28.8 Å². The standard InChI is InChI=1S/C20H21N3O2/c1-14-11-16(7-8-19(14)25-2)18-12-20(22-13-21-18)23-17-6-4-3-5-15(17)9-10-24/h3-8,11-13,24H,9-10H2,1-2H3,(H,21,22,23). The molecule has 0 atom stereocenters. The number of methoxy groups -OCH3 is 1. The first-order valence-electron chi connectivity index (χ1n) is 8.14. The van der Waals surface area contributed by atoms with Crippen LogP contribution in [-0.2, 0) is 6.42 Å². The number of aliphatic hydroxyl groups excluding tert-OH is 1. The number of para-hydroxylation sites is 1. The Morgan fingerprint density at radius 2 is 1.92 bits per heavy atom. The summed E-state index contributed by atoms with van der Waals surface area (Å²) in [5.74, 6) is 1.57. The predicted molar refractivity (Wildman–Crippen MR) is 99.3 cm³/mol. The minimum atomic E-state index is 0.110. The predicted octanol–water partition coefficient (Wildman–Crippen LogP) is 3.74. The van der Waals surface area contributed by atoms with Crippen molar-refractivity contribution in [3.05, 3.63) is 66.0 Å². The average Bonchev–Trinajstić information content (AvgIpc) is 2.64. The van der Waals surface area contributed by atoms with Gasteiger partial charge in [-0.2, -0.15) is 0 Å². The third-order valence-corrected chi connectivity index (χ3v) is 4.02. The Morgan fingerprint density at radius 1 is 1.08 bits per heavy atom. The summed E-state index contributed by atoms with van der Waals surface area (Å²) in [6.45, 7) is 2.12. The zero-order valence-corrected chi connectivity index (χ0v) is 14.4. The van der Waals surface area contributed by atoms with E-state index < -0.39 is 0 Å². The van der Waals surface area contributed by atoms with Crippen LogP contribution in [0.15, 0.2) is 54.9 Å². The molecule has 0 saturated heterocycles. The molecule has 2 aromatic carbocycles.